The van der Waals surface area contributed by atoms with E-state index >= 15 is 0 Å². The minimum Gasteiger partial charge on any atom is -0.444 e. The Labute approximate surface area is 193 Å². The summed E-state index contributed by atoms with van der Waals surface area (Å²) in [7, 11) is 2.02. The van der Waals surface area contributed by atoms with Gasteiger partial charge in [-0.3, -0.25) is 4.68 Å². The SMILES string of the molecule is CCNC(=NCc1c(CC)nn(C)c1CC)NC1CC2CCC(C1)N2C(=O)OC(C)(C)C. The third-order valence-electron chi connectivity index (χ3n) is 6.45. The lowest BCUT2D eigenvalue weighted by atomic mass is 9.98. The average Bonchev–Trinajstić information content (AvgIpc) is 3.17. The molecule has 0 spiro atoms. The molecule has 180 valence electrons. The maximum Gasteiger partial charge on any atom is 0.410 e. The number of carbonyl (C=O) groups excluding carboxylic acids is 1. The Kier molecular flexibility index (Phi) is 7.72. The van der Waals surface area contributed by atoms with Crippen LogP contribution in [0.15, 0.2) is 4.99 Å². The quantitative estimate of drug-likeness (QED) is 0.516. The molecule has 3 heterocycles. The molecule has 2 bridgehead atoms. The number of nitrogens with one attached hydrogen (secondary N) is 2. The molecule has 2 aliphatic heterocycles. The minimum atomic E-state index is -0.461. The lowest BCUT2D eigenvalue weighted by Gasteiger charge is -2.40. The number of ether oxygens (including phenoxy) is 1. The lowest BCUT2D eigenvalue weighted by Crippen LogP contribution is -2.55. The summed E-state index contributed by atoms with van der Waals surface area (Å²) in [6, 6.07) is 0.774. The van der Waals surface area contributed by atoms with Gasteiger partial charge in [0.2, 0.25) is 0 Å². The van der Waals surface area contributed by atoms with Crippen LogP contribution in [-0.2, 0) is 31.2 Å². The Hall–Kier alpha value is -2.25. The van der Waals surface area contributed by atoms with Crippen LogP contribution >= 0.6 is 0 Å². The summed E-state index contributed by atoms with van der Waals surface area (Å²) >= 11 is 0. The van der Waals surface area contributed by atoms with E-state index in [-0.39, 0.29) is 18.2 Å². The normalized spacial score (nSPS) is 23.4. The smallest absolute Gasteiger partial charge is 0.410 e. The second-order valence-corrected chi connectivity index (χ2v) is 9.98. The van der Waals surface area contributed by atoms with Gasteiger partial charge < -0.3 is 20.3 Å². The topological polar surface area (TPSA) is 83.8 Å². The predicted octanol–water partition coefficient (Wildman–Crippen LogP) is 3.53. The van der Waals surface area contributed by atoms with Crippen molar-refractivity contribution < 1.29 is 9.53 Å². The number of aliphatic imine (C=N–C) groups is 1. The van der Waals surface area contributed by atoms with Crippen LogP contribution < -0.4 is 10.6 Å². The fourth-order valence-electron chi connectivity index (χ4n) is 5.15. The van der Waals surface area contributed by atoms with Crippen molar-refractivity contribution in [2.45, 2.75) is 110 Å². The van der Waals surface area contributed by atoms with Gasteiger partial charge in [-0.15, -0.1) is 0 Å². The number of fused-ring (bicyclic) bond motifs is 2. The Morgan fingerprint density at radius 2 is 1.81 bits per heavy atom. The maximum absolute atomic E-state index is 12.7. The highest BCUT2D eigenvalue weighted by Gasteiger charge is 2.45. The second-order valence-electron chi connectivity index (χ2n) is 9.98. The van der Waals surface area contributed by atoms with Crippen molar-refractivity contribution in [2.24, 2.45) is 12.0 Å². The molecule has 2 saturated heterocycles. The highest BCUT2D eigenvalue weighted by molar-refractivity contribution is 5.80. The van der Waals surface area contributed by atoms with Gasteiger partial charge in [0, 0.05) is 43.0 Å². The first kappa shape index (κ1) is 24.4. The van der Waals surface area contributed by atoms with Crippen LogP contribution in [0.2, 0.25) is 0 Å². The van der Waals surface area contributed by atoms with Crippen LogP contribution in [0.5, 0.6) is 0 Å². The van der Waals surface area contributed by atoms with Crippen LogP contribution in [0.4, 0.5) is 4.79 Å². The van der Waals surface area contributed by atoms with E-state index in [1.807, 2.05) is 37.4 Å². The molecule has 32 heavy (non-hydrogen) atoms. The van der Waals surface area contributed by atoms with E-state index in [0.29, 0.717) is 12.6 Å². The highest BCUT2D eigenvalue weighted by atomic mass is 16.6. The highest BCUT2D eigenvalue weighted by Crippen LogP contribution is 2.36. The van der Waals surface area contributed by atoms with E-state index in [4.69, 9.17) is 9.73 Å². The van der Waals surface area contributed by atoms with Crippen molar-refractivity contribution in [1.82, 2.24) is 25.3 Å². The number of nitrogens with zero attached hydrogens (tertiary/aromatic N) is 4. The van der Waals surface area contributed by atoms with E-state index in [1.165, 1.54) is 11.3 Å². The Morgan fingerprint density at radius 3 is 2.34 bits per heavy atom. The third kappa shape index (κ3) is 5.56. The molecular formula is C24H42N6O2. The first-order chi connectivity index (χ1) is 15.2. The molecule has 0 saturated carbocycles. The zero-order valence-corrected chi connectivity index (χ0v) is 21.0. The van der Waals surface area contributed by atoms with E-state index in [1.54, 1.807) is 0 Å². The number of guanidine groups is 1. The number of hydrogen-bond donors (Lipinski definition) is 2. The van der Waals surface area contributed by atoms with Crippen molar-refractivity contribution in [3.8, 4) is 0 Å². The standard InChI is InChI=1S/C24H42N6O2/c1-8-20-19(21(9-2)29(7)28-20)15-26-22(25-10-3)27-16-13-17-11-12-18(14-16)30(17)23(31)32-24(4,5)6/h16-18H,8-15H2,1-7H3,(H2,25,26,27). The van der Waals surface area contributed by atoms with E-state index in [0.717, 1.165) is 56.7 Å². The minimum absolute atomic E-state index is 0.167. The van der Waals surface area contributed by atoms with Crippen molar-refractivity contribution >= 4 is 12.1 Å². The summed E-state index contributed by atoms with van der Waals surface area (Å²) < 4.78 is 7.66. The van der Waals surface area contributed by atoms with Gasteiger partial charge in [-0.1, -0.05) is 13.8 Å². The van der Waals surface area contributed by atoms with Crippen LogP contribution in [-0.4, -0.2) is 57.0 Å². The molecule has 0 aromatic carbocycles. The summed E-state index contributed by atoms with van der Waals surface area (Å²) in [5, 5.41) is 11.7. The van der Waals surface area contributed by atoms with E-state index in [9.17, 15) is 4.79 Å². The largest absolute Gasteiger partial charge is 0.444 e. The summed E-state index contributed by atoms with van der Waals surface area (Å²) in [6.07, 6.45) is 5.64. The van der Waals surface area contributed by atoms with Gasteiger partial charge in [-0.05, 0) is 66.2 Å². The number of aryl methyl sites for hydroxylation is 2. The van der Waals surface area contributed by atoms with Gasteiger partial charge in [0.15, 0.2) is 5.96 Å². The first-order valence-corrected chi connectivity index (χ1v) is 12.3. The number of amides is 1. The second kappa shape index (κ2) is 10.1. The molecule has 2 N–H and O–H groups in total. The van der Waals surface area contributed by atoms with Crippen molar-refractivity contribution in [2.75, 3.05) is 6.54 Å². The van der Waals surface area contributed by atoms with Crippen molar-refractivity contribution in [1.29, 1.82) is 0 Å². The lowest BCUT2D eigenvalue weighted by molar-refractivity contribution is 0.00545. The summed E-state index contributed by atoms with van der Waals surface area (Å²) in [4.78, 5) is 19.6. The van der Waals surface area contributed by atoms with Crippen LogP contribution in [0.25, 0.3) is 0 Å². The summed E-state index contributed by atoms with van der Waals surface area (Å²) in [6.45, 7) is 13.6. The molecule has 0 aliphatic carbocycles. The molecule has 8 nitrogen and oxygen atoms in total. The number of rotatable bonds is 6. The van der Waals surface area contributed by atoms with Gasteiger partial charge in [-0.25, -0.2) is 9.79 Å². The number of carbonyl (C=O) groups is 1. The van der Waals surface area contributed by atoms with Crippen molar-refractivity contribution in [3.63, 3.8) is 0 Å². The number of hydrogen-bond acceptors (Lipinski definition) is 4. The molecule has 2 atom stereocenters. The molecule has 1 aromatic rings. The van der Waals surface area contributed by atoms with Gasteiger partial charge in [0.1, 0.15) is 5.60 Å². The number of piperidine rings is 1. The molecule has 1 aromatic heterocycles. The maximum atomic E-state index is 12.7. The fourth-order valence-corrected chi connectivity index (χ4v) is 5.15. The predicted molar refractivity (Wildman–Crippen MR) is 128 cm³/mol. The van der Waals surface area contributed by atoms with Gasteiger partial charge >= 0.3 is 6.09 Å². The van der Waals surface area contributed by atoms with Gasteiger partial charge in [0.05, 0.1) is 12.2 Å². The monoisotopic (exact) mass is 446 g/mol. The molecule has 2 aliphatic rings. The van der Waals surface area contributed by atoms with E-state index in [2.05, 4.69) is 36.5 Å². The molecule has 3 rings (SSSR count). The molecule has 1 amide bonds. The Balaban J connectivity index is 1.67. The Morgan fingerprint density at radius 1 is 1.16 bits per heavy atom. The molecule has 0 radical (unpaired) electrons. The average molecular weight is 447 g/mol. The molecule has 2 fully saturated rings. The van der Waals surface area contributed by atoms with E-state index < -0.39 is 5.60 Å². The zero-order valence-electron chi connectivity index (χ0n) is 21.0. The van der Waals surface area contributed by atoms with Crippen molar-refractivity contribution in [3.05, 3.63) is 17.0 Å². The molecule has 8 heteroatoms. The van der Waals surface area contributed by atoms with Crippen LogP contribution in [0.3, 0.4) is 0 Å². The third-order valence-corrected chi connectivity index (χ3v) is 6.45. The summed E-state index contributed by atoms with van der Waals surface area (Å²) in [5.41, 5.74) is 3.17. The van der Waals surface area contributed by atoms with Gasteiger partial charge in [0.25, 0.3) is 0 Å². The molecule has 2 unspecified atom stereocenters. The Bertz CT molecular complexity index is 811. The van der Waals surface area contributed by atoms with Crippen LogP contribution in [0, 0.1) is 0 Å². The van der Waals surface area contributed by atoms with Gasteiger partial charge in [-0.2, -0.15) is 5.10 Å². The van der Waals surface area contributed by atoms with Crippen LogP contribution in [0.1, 0.15) is 84.2 Å². The first-order valence-electron chi connectivity index (χ1n) is 12.3. The number of aromatic nitrogens is 2. The fraction of sp³-hybridized carbons (Fsp3) is 0.792. The summed E-state index contributed by atoms with van der Waals surface area (Å²) in [5.74, 6) is 0.843. The molecular weight excluding hydrogens is 404 g/mol. The zero-order chi connectivity index (χ0) is 23.5.